The Hall–Kier alpha value is -3.46. The normalized spacial score (nSPS) is 13.5. The lowest BCUT2D eigenvalue weighted by atomic mass is 10.2. The number of carbonyl (C=O) groups excluding carboxylic acids is 1. The Balaban J connectivity index is 1.68. The number of aryl methyl sites for hydroxylation is 1. The number of nitro benzene ring substituents is 1. The number of benzene rings is 2. The molecule has 3 aromatic rings. The number of non-ortho nitro benzene ring substituents is 1. The van der Waals surface area contributed by atoms with Crippen LogP contribution in [-0.2, 0) is 11.3 Å². The van der Waals surface area contributed by atoms with Crippen molar-refractivity contribution in [1.29, 1.82) is 0 Å². The summed E-state index contributed by atoms with van der Waals surface area (Å²) in [6, 6.07) is 9.88. The molecule has 29 heavy (non-hydrogen) atoms. The number of rotatable bonds is 5. The molecular formula is C20H17N3O5S. The van der Waals surface area contributed by atoms with Gasteiger partial charge < -0.3 is 14.0 Å². The summed E-state index contributed by atoms with van der Waals surface area (Å²) in [4.78, 5) is 27.6. The number of thiazole rings is 1. The first-order valence-corrected chi connectivity index (χ1v) is 9.81. The average Bonchev–Trinajstić information content (AvgIpc) is 3.29. The Morgan fingerprint density at radius 3 is 2.86 bits per heavy atom. The van der Waals surface area contributed by atoms with E-state index in [0.29, 0.717) is 28.4 Å². The van der Waals surface area contributed by atoms with Crippen molar-refractivity contribution >= 4 is 39.2 Å². The van der Waals surface area contributed by atoms with Gasteiger partial charge in [0.15, 0.2) is 16.3 Å². The lowest BCUT2D eigenvalue weighted by Gasteiger charge is -2.03. The summed E-state index contributed by atoms with van der Waals surface area (Å²) in [6.07, 6.45) is 3.71. The summed E-state index contributed by atoms with van der Waals surface area (Å²) in [6.45, 7) is 2.97. The molecule has 1 aliphatic rings. The Morgan fingerprint density at radius 1 is 1.31 bits per heavy atom. The smallest absolute Gasteiger partial charge is 0.272 e. The highest BCUT2D eigenvalue weighted by Gasteiger charge is 2.17. The molecule has 1 amide bonds. The summed E-state index contributed by atoms with van der Waals surface area (Å²) < 4.78 is 13.8. The van der Waals surface area contributed by atoms with E-state index < -0.39 is 10.8 Å². The topological polar surface area (TPSA) is 96.0 Å². The Bertz CT molecular complexity index is 1210. The molecule has 0 saturated carbocycles. The van der Waals surface area contributed by atoms with Gasteiger partial charge in [0.2, 0.25) is 6.79 Å². The molecule has 4 rings (SSSR count). The Kier molecular flexibility index (Phi) is 5.13. The zero-order valence-electron chi connectivity index (χ0n) is 15.5. The molecule has 1 aromatic heterocycles. The van der Waals surface area contributed by atoms with Gasteiger partial charge >= 0.3 is 0 Å². The number of hydrogen-bond acceptors (Lipinski definition) is 6. The maximum Gasteiger partial charge on any atom is 0.272 e. The molecule has 0 aliphatic carbocycles. The molecular weight excluding hydrogens is 394 g/mol. The molecule has 0 bridgehead atoms. The van der Waals surface area contributed by atoms with Gasteiger partial charge in [-0.15, -0.1) is 0 Å². The number of nitro groups is 1. The number of carbonyl (C=O) groups is 1. The third-order valence-electron chi connectivity index (χ3n) is 4.33. The lowest BCUT2D eigenvalue weighted by Crippen LogP contribution is -2.16. The zero-order valence-corrected chi connectivity index (χ0v) is 16.3. The zero-order chi connectivity index (χ0) is 20.4. The van der Waals surface area contributed by atoms with E-state index in [1.54, 1.807) is 12.1 Å². The average molecular weight is 411 g/mol. The van der Waals surface area contributed by atoms with Crippen LogP contribution in [0.1, 0.15) is 18.9 Å². The van der Waals surface area contributed by atoms with E-state index in [0.717, 1.165) is 16.6 Å². The molecule has 2 heterocycles. The van der Waals surface area contributed by atoms with Crippen LogP contribution in [0.2, 0.25) is 0 Å². The van der Waals surface area contributed by atoms with Gasteiger partial charge in [-0.3, -0.25) is 14.9 Å². The summed E-state index contributed by atoms with van der Waals surface area (Å²) in [5.74, 6) is 0.933. The standard InChI is InChI=1S/C20H17N3O5S/c1-2-8-22-15-10-16-17(28-12-27-16)11-18(15)29-20(22)21-19(24)7-6-13-4-3-5-14(9-13)23(25)26/h3-7,9-11H,2,8,12H2,1H3/b7-6+,21-20?. The summed E-state index contributed by atoms with van der Waals surface area (Å²) in [7, 11) is 0. The van der Waals surface area contributed by atoms with Crippen molar-refractivity contribution in [3.63, 3.8) is 0 Å². The first kappa shape index (κ1) is 18.9. The first-order chi connectivity index (χ1) is 14.0. The van der Waals surface area contributed by atoms with Crippen LogP contribution in [0.4, 0.5) is 5.69 Å². The number of ether oxygens (including phenoxy) is 2. The number of fused-ring (bicyclic) bond motifs is 2. The minimum Gasteiger partial charge on any atom is -0.454 e. The maximum absolute atomic E-state index is 12.4. The van der Waals surface area contributed by atoms with Crippen molar-refractivity contribution in [3.8, 4) is 11.5 Å². The molecule has 148 valence electrons. The quantitative estimate of drug-likeness (QED) is 0.361. The highest BCUT2D eigenvalue weighted by molar-refractivity contribution is 7.16. The maximum atomic E-state index is 12.4. The van der Waals surface area contributed by atoms with E-state index in [9.17, 15) is 14.9 Å². The van der Waals surface area contributed by atoms with Crippen LogP contribution < -0.4 is 14.3 Å². The van der Waals surface area contributed by atoms with Gasteiger partial charge in [-0.05, 0) is 18.1 Å². The highest BCUT2D eigenvalue weighted by Crippen LogP contribution is 2.37. The van der Waals surface area contributed by atoms with E-state index in [2.05, 4.69) is 11.9 Å². The summed E-state index contributed by atoms with van der Waals surface area (Å²) in [5.41, 5.74) is 1.47. The van der Waals surface area contributed by atoms with Crippen molar-refractivity contribution < 1.29 is 19.2 Å². The molecule has 0 radical (unpaired) electrons. The van der Waals surface area contributed by atoms with Gasteiger partial charge in [0, 0.05) is 36.9 Å². The Labute approximate surface area is 169 Å². The van der Waals surface area contributed by atoms with Crippen LogP contribution in [-0.4, -0.2) is 22.2 Å². The second kappa shape index (κ2) is 7.88. The third-order valence-corrected chi connectivity index (χ3v) is 5.37. The van der Waals surface area contributed by atoms with E-state index >= 15 is 0 Å². The third kappa shape index (κ3) is 3.90. The number of nitrogens with zero attached hydrogens (tertiary/aromatic N) is 3. The van der Waals surface area contributed by atoms with E-state index in [4.69, 9.17) is 9.47 Å². The molecule has 0 N–H and O–H groups in total. The summed E-state index contributed by atoms with van der Waals surface area (Å²) >= 11 is 1.40. The first-order valence-electron chi connectivity index (χ1n) is 8.99. The molecule has 9 heteroatoms. The molecule has 0 saturated heterocycles. The van der Waals surface area contributed by atoms with Crippen LogP contribution in [0.5, 0.6) is 11.5 Å². The lowest BCUT2D eigenvalue weighted by molar-refractivity contribution is -0.384. The largest absolute Gasteiger partial charge is 0.454 e. The van der Waals surface area contributed by atoms with Gasteiger partial charge in [-0.2, -0.15) is 4.99 Å². The van der Waals surface area contributed by atoms with Crippen LogP contribution in [0.3, 0.4) is 0 Å². The van der Waals surface area contributed by atoms with Gasteiger partial charge in [-0.1, -0.05) is 30.4 Å². The Morgan fingerprint density at radius 2 is 2.10 bits per heavy atom. The van der Waals surface area contributed by atoms with Crippen LogP contribution in [0.15, 0.2) is 47.5 Å². The van der Waals surface area contributed by atoms with E-state index in [1.165, 1.54) is 35.6 Å². The van der Waals surface area contributed by atoms with E-state index in [1.807, 2.05) is 16.7 Å². The predicted molar refractivity (Wildman–Crippen MR) is 109 cm³/mol. The van der Waals surface area contributed by atoms with Crippen LogP contribution in [0.25, 0.3) is 16.3 Å². The van der Waals surface area contributed by atoms with Gasteiger partial charge in [0.1, 0.15) is 0 Å². The van der Waals surface area contributed by atoms with Gasteiger partial charge in [0.05, 0.1) is 15.1 Å². The monoisotopic (exact) mass is 411 g/mol. The molecule has 0 fully saturated rings. The molecule has 0 unspecified atom stereocenters. The molecule has 0 spiro atoms. The molecule has 2 aromatic carbocycles. The fourth-order valence-electron chi connectivity index (χ4n) is 3.03. The fourth-order valence-corrected chi connectivity index (χ4v) is 4.10. The second-order valence-corrected chi connectivity index (χ2v) is 7.35. The number of amides is 1. The van der Waals surface area contributed by atoms with Crippen molar-refractivity contribution in [2.45, 2.75) is 19.9 Å². The van der Waals surface area contributed by atoms with Crippen LogP contribution in [0, 0.1) is 10.1 Å². The van der Waals surface area contributed by atoms with Gasteiger partial charge in [0.25, 0.3) is 11.6 Å². The highest BCUT2D eigenvalue weighted by atomic mass is 32.1. The van der Waals surface area contributed by atoms with Crippen molar-refractivity contribution in [1.82, 2.24) is 4.57 Å². The van der Waals surface area contributed by atoms with Gasteiger partial charge in [-0.25, -0.2) is 0 Å². The molecule has 8 nitrogen and oxygen atoms in total. The number of aromatic nitrogens is 1. The van der Waals surface area contributed by atoms with Crippen LogP contribution >= 0.6 is 11.3 Å². The SMILES string of the molecule is CCCn1c(=NC(=O)/C=C/c2cccc([N+](=O)[O-])c2)sc2cc3c(cc21)OCO3. The minimum atomic E-state index is -0.473. The van der Waals surface area contributed by atoms with Crippen molar-refractivity contribution in [3.05, 3.63) is 63.0 Å². The summed E-state index contributed by atoms with van der Waals surface area (Å²) in [5, 5.41) is 10.9. The molecule has 0 atom stereocenters. The minimum absolute atomic E-state index is 0.0284. The molecule has 1 aliphatic heterocycles. The second-order valence-electron chi connectivity index (χ2n) is 6.34. The van der Waals surface area contributed by atoms with Crippen molar-refractivity contribution in [2.75, 3.05) is 6.79 Å². The predicted octanol–water partition coefficient (Wildman–Crippen LogP) is 3.89. The fraction of sp³-hybridized carbons (Fsp3) is 0.200. The van der Waals surface area contributed by atoms with Crippen molar-refractivity contribution in [2.24, 2.45) is 4.99 Å². The van der Waals surface area contributed by atoms with E-state index in [-0.39, 0.29) is 12.5 Å². The number of hydrogen-bond donors (Lipinski definition) is 0.